The Morgan fingerprint density at radius 1 is 1.22 bits per heavy atom. The number of hydrogen-bond donors (Lipinski definition) is 1. The average Bonchev–Trinajstić information content (AvgIpc) is 2.40. The Hall–Kier alpha value is -2.01. The SMILES string of the molecule is NCCCOc1cnc(-c2cccc(F)c2)nc1. The third-order valence-electron chi connectivity index (χ3n) is 2.33. The first kappa shape index (κ1) is 12.4. The maximum Gasteiger partial charge on any atom is 0.159 e. The number of aromatic nitrogens is 2. The molecule has 0 aliphatic heterocycles. The lowest BCUT2D eigenvalue weighted by atomic mass is 10.2. The van der Waals surface area contributed by atoms with Crippen LogP contribution in [0.15, 0.2) is 36.7 Å². The molecule has 0 atom stereocenters. The van der Waals surface area contributed by atoms with Gasteiger partial charge in [-0.1, -0.05) is 12.1 Å². The predicted molar refractivity (Wildman–Crippen MR) is 66.6 cm³/mol. The highest BCUT2D eigenvalue weighted by Gasteiger charge is 2.03. The number of nitrogens with two attached hydrogens (primary N) is 1. The van der Waals surface area contributed by atoms with Crippen molar-refractivity contribution in [2.45, 2.75) is 6.42 Å². The summed E-state index contributed by atoms with van der Waals surface area (Å²) in [6, 6.07) is 6.16. The van der Waals surface area contributed by atoms with E-state index in [2.05, 4.69) is 9.97 Å². The van der Waals surface area contributed by atoms with Crippen molar-refractivity contribution in [3.63, 3.8) is 0 Å². The van der Waals surface area contributed by atoms with E-state index >= 15 is 0 Å². The fraction of sp³-hybridized carbons (Fsp3) is 0.231. The molecule has 0 radical (unpaired) electrons. The molecule has 5 heteroatoms. The van der Waals surface area contributed by atoms with Crippen LogP contribution in [0.4, 0.5) is 4.39 Å². The van der Waals surface area contributed by atoms with Crippen LogP contribution in [-0.4, -0.2) is 23.1 Å². The number of halogens is 1. The van der Waals surface area contributed by atoms with Gasteiger partial charge in [0.15, 0.2) is 11.6 Å². The van der Waals surface area contributed by atoms with Crippen LogP contribution in [0.3, 0.4) is 0 Å². The summed E-state index contributed by atoms with van der Waals surface area (Å²) in [5, 5.41) is 0. The van der Waals surface area contributed by atoms with Crippen LogP contribution >= 0.6 is 0 Å². The molecule has 0 saturated heterocycles. The molecule has 1 heterocycles. The minimum atomic E-state index is -0.306. The first-order valence-corrected chi connectivity index (χ1v) is 5.70. The first-order chi connectivity index (χ1) is 8.79. The van der Waals surface area contributed by atoms with Crippen molar-refractivity contribution in [1.82, 2.24) is 9.97 Å². The highest BCUT2D eigenvalue weighted by molar-refractivity contribution is 5.54. The van der Waals surface area contributed by atoms with Crippen molar-refractivity contribution in [2.24, 2.45) is 5.73 Å². The summed E-state index contributed by atoms with van der Waals surface area (Å²) < 4.78 is 18.4. The molecule has 0 unspecified atom stereocenters. The molecule has 94 valence electrons. The zero-order valence-corrected chi connectivity index (χ0v) is 9.84. The second-order valence-corrected chi connectivity index (χ2v) is 3.74. The van der Waals surface area contributed by atoms with Gasteiger partial charge in [0.2, 0.25) is 0 Å². The minimum Gasteiger partial charge on any atom is -0.490 e. The van der Waals surface area contributed by atoms with E-state index in [1.807, 2.05) is 0 Å². The molecule has 0 saturated carbocycles. The molecule has 0 spiro atoms. The van der Waals surface area contributed by atoms with E-state index in [1.54, 1.807) is 24.5 Å². The van der Waals surface area contributed by atoms with Gasteiger partial charge < -0.3 is 10.5 Å². The van der Waals surface area contributed by atoms with Crippen LogP contribution in [0.2, 0.25) is 0 Å². The number of benzene rings is 1. The second-order valence-electron chi connectivity index (χ2n) is 3.74. The van der Waals surface area contributed by atoms with E-state index in [-0.39, 0.29) is 5.82 Å². The summed E-state index contributed by atoms with van der Waals surface area (Å²) in [5.74, 6) is 0.753. The van der Waals surface area contributed by atoms with E-state index in [9.17, 15) is 4.39 Å². The Morgan fingerprint density at radius 3 is 2.67 bits per heavy atom. The number of ether oxygens (including phenoxy) is 1. The summed E-state index contributed by atoms with van der Waals surface area (Å²) in [6.45, 7) is 1.13. The van der Waals surface area contributed by atoms with Gasteiger partial charge in [-0.2, -0.15) is 0 Å². The number of hydrogen-bond acceptors (Lipinski definition) is 4. The van der Waals surface area contributed by atoms with Gasteiger partial charge in [0, 0.05) is 5.56 Å². The quantitative estimate of drug-likeness (QED) is 0.821. The maximum absolute atomic E-state index is 13.0. The molecule has 0 bridgehead atoms. The summed E-state index contributed by atoms with van der Waals surface area (Å²) in [7, 11) is 0. The Morgan fingerprint density at radius 2 is 2.00 bits per heavy atom. The standard InChI is InChI=1S/C13H14FN3O/c14-11-4-1-3-10(7-11)13-16-8-12(9-17-13)18-6-2-5-15/h1,3-4,7-9H,2,5-6,15H2. The molecular formula is C13H14FN3O. The molecule has 2 rings (SSSR count). The van der Waals surface area contributed by atoms with Gasteiger partial charge in [0.1, 0.15) is 5.82 Å². The summed E-state index contributed by atoms with van der Waals surface area (Å²) in [6.07, 6.45) is 3.93. The molecule has 0 amide bonds. The van der Waals surface area contributed by atoms with Crippen LogP contribution in [0, 0.1) is 5.82 Å². The molecule has 0 aliphatic carbocycles. The highest BCUT2D eigenvalue weighted by atomic mass is 19.1. The zero-order chi connectivity index (χ0) is 12.8. The summed E-state index contributed by atoms with van der Waals surface area (Å²) in [4.78, 5) is 8.27. The van der Waals surface area contributed by atoms with Crippen molar-refractivity contribution < 1.29 is 9.13 Å². The Kier molecular flexibility index (Phi) is 4.20. The van der Waals surface area contributed by atoms with E-state index in [0.29, 0.717) is 30.3 Å². The second kappa shape index (κ2) is 6.07. The van der Waals surface area contributed by atoms with Crippen molar-refractivity contribution >= 4 is 0 Å². The number of nitrogens with zero attached hydrogens (tertiary/aromatic N) is 2. The van der Waals surface area contributed by atoms with Crippen LogP contribution in [0.25, 0.3) is 11.4 Å². The van der Waals surface area contributed by atoms with E-state index in [0.717, 1.165) is 6.42 Å². The molecule has 4 nitrogen and oxygen atoms in total. The maximum atomic E-state index is 13.0. The molecule has 2 aromatic rings. The van der Waals surface area contributed by atoms with Crippen molar-refractivity contribution in [1.29, 1.82) is 0 Å². The summed E-state index contributed by atoms with van der Waals surface area (Å²) in [5.41, 5.74) is 6.00. The van der Waals surface area contributed by atoms with Crippen molar-refractivity contribution in [3.05, 3.63) is 42.5 Å². The van der Waals surface area contributed by atoms with Crippen LogP contribution in [-0.2, 0) is 0 Å². The van der Waals surface area contributed by atoms with Crippen LogP contribution < -0.4 is 10.5 Å². The third kappa shape index (κ3) is 3.24. The Bertz CT molecular complexity index is 502. The topological polar surface area (TPSA) is 61.0 Å². The monoisotopic (exact) mass is 247 g/mol. The fourth-order valence-electron chi connectivity index (χ4n) is 1.44. The molecule has 18 heavy (non-hydrogen) atoms. The molecular weight excluding hydrogens is 233 g/mol. The zero-order valence-electron chi connectivity index (χ0n) is 9.84. The minimum absolute atomic E-state index is 0.306. The lowest BCUT2D eigenvalue weighted by Crippen LogP contribution is -2.06. The molecule has 0 aliphatic rings. The van der Waals surface area contributed by atoms with Crippen molar-refractivity contribution in [3.8, 4) is 17.1 Å². The van der Waals surface area contributed by atoms with Gasteiger partial charge in [0.25, 0.3) is 0 Å². The predicted octanol–water partition coefficient (Wildman–Crippen LogP) is 2.01. The third-order valence-corrected chi connectivity index (χ3v) is 2.33. The molecule has 2 N–H and O–H groups in total. The first-order valence-electron chi connectivity index (χ1n) is 5.70. The smallest absolute Gasteiger partial charge is 0.159 e. The fourth-order valence-corrected chi connectivity index (χ4v) is 1.44. The lowest BCUT2D eigenvalue weighted by molar-refractivity contribution is 0.311. The van der Waals surface area contributed by atoms with Crippen LogP contribution in [0.1, 0.15) is 6.42 Å². The largest absolute Gasteiger partial charge is 0.490 e. The normalized spacial score (nSPS) is 10.3. The number of rotatable bonds is 5. The average molecular weight is 247 g/mol. The lowest BCUT2D eigenvalue weighted by Gasteiger charge is -2.05. The molecule has 0 fully saturated rings. The van der Waals surface area contributed by atoms with Gasteiger partial charge in [0.05, 0.1) is 19.0 Å². The molecule has 1 aromatic heterocycles. The van der Waals surface area contributed by atoms with Gasteiger partial charge >= 0.3 is 0 Å². The van der Waals surface area contributed by atoms with Gasteiger partial charge in [-0.05, 0) is 25.1 Å². The summed E-state index contributed by atoms with van der Waals surface area (Å²) >= 11 is 0. The highest BCUT2D eigenvalue weighted by Crippen LogP contribution is 2.17. The van der Waals surface area contributed by atoms with Crippen molar-refractivity contribution in [2.75, 3.05) is 13.2 Å². The van der Waals surface area contributed by atoms with Gasteiger partial charge in [-0.3, -0.25) is 0 Å². The van der Waals surface area contributed by atoms with Crippen LogP contribution in [0.5, 0.6) is 5.75 Å². The van der Waals surface area contributed by atoms with Gasteiger partial charge in [-0.15, -0.1) is 0 Å². The Balaban J connectivity index is 2.07. The Labute approximate surface area is 105 Å². The van der Waals surface area contributed by atoms with E-state index in [4.69, 9.17) is 10.5 Å². The molecule has 1 aromatic carbocycles. The van der Waals surface area contributed by atoms with E-state index < -0.39 is 0 Å². The van der Waals surface area contributed by atoms with Gasteiger partial charge in [-0.25, -0.2) is 14.4 Å². The van der Waals surface area contributed by atoms with E-state index in [1.165, 1.54) is 12.1 Å².